The van der Waals surface area contributed by atoms with E-state index >= 15 is 0 Å². The highest BCUT2D eigenvalue weighted by Crippen LogP contribution is 2.27. The van der Waals surface area contributed by atoms with Gasteiger partial charge in [0.1, 0.15) is 10.7 Å². The van der Waals surface area contributed by atoms with Crippen LogP contribution in [0.2, 0.25) is 0 Å². The summed E-state index contributed by atoms with van der Waals surface area (Å²) in [5.74, 6) is 0.821. The van der Waals surface area contributed by atoms with Crippen molar-refractivity contribution >= 4 is 28.2 Å². The van der Waals surface area contributed by atoms with E-state index in [1.165, 1.54) is 11.3 Å². The normalized spacial score (nSPS) is 10.6. The van der Waals surface area contributed by atoms with Crippen molar-refractivity contribution in [3.8, 4) is 0 Å². The van der Waals surface area contributed by atoms with Gasteiger partial charge in [-0.05, 0) is 13.3 Å². The van der Waals surface area contributed by atoms with E-state index in [4.69, 9.17) is 10.3 Å². The maximum absolute atomic E-state index is 12.1. The van der Waals surface area contributed by atoms with E-state index in [0.717, 1.165) is 18.1 Å². The number of hydrogen-bond acceptors (Lipinski definition) is 8. The predicted octanol–water partition coefficient (Wildman–Crippen LogP) is 1.19. The van der Waals surface area contributed by atoms with Gasteiger partial charge in [0.25, 0.3) is 5.91 Å². The van der Waals surface area contributed by atoms with Crippen molar-refractivity contribution in [1.29, 1.82) is 0 Å². The van der Waals surface area contributed by atoms with Crippen molar-refractivity contribution in [2.24, 2.45) is 0 Å². The third kappa shape index (κ3) is 3.69. The average Bonchev–Trinajstić information content (AvgIpc) is 3.02. The molecule has 21 heavy (non-hydrogen) atoms. The van der Waals surface area contributed by atoms with Crippen LogP contribution in [0.3, 0.4) is 0 Å². The summed E-state index contributed by atoms with van der Waals surface area (Å²) < 4.78 is 4.93. The fraction of sp³-hybridized carbons (Fsp3) is 0.500. The number of thiazole rings is 1. The van der Waals surface area contributed by atoms with Crippen LogP contribution < -0.4 is 16.0 Å². The van der Waals surface area contributed by atoms with Crippen LogP contribution in [0, 0.1) is 6.92 Å². The molecule has 8 nitrogen and oxygen atoms in total. The number of hydrogen-bond donors (Lipinski definition) is 2. The molecule has 0 spiro atoms. The lowest BCUT2D eigenvalue weighted by Crippen LogP contribution is -2.22. The first-order valence-electron chi connectivity index (χ1n) is 6.56. The molecule has 0 unspecified atom stereocenters. The lowest BCUT2D eigenvalue weighted by Gasteiger charge is -2.13. The summed E-state index contributed by atoms with van der Waals surface area (Å²) >= 11 is 1.27. The van der Waals surface area contributed by atoms with Crippen LogP contribution in [0.4, 0.5) is 10.9 Å². The Morgan fingerprint density at radius 3 is 2.86 bits per heavy atom. The first kappa shape index (κ1) is 15.2. The third-order valence-electron chi connectivity index (χ3n) is 2.70. The van der Waals surface area contributed by atoms with Crippen LogP contribution in [-0.2, 0) is 6.54 Å². The molecule has 0 saturated heterocycles. The molecular weight excluding hydrogens is 292 g/mol. The van der Waals surface area contributed by atoms with Crippen molar-refractivity contribution in [2.45, 2.75) is 26.8 Å². The lowest BCUT2D eigenvalue weighted by atomic mass is 10.4. The summed E-state index contributed by atoms with van der Waals surface area (Å²) in [6.07, 6.45) is 0.994. The molecule has 2 aromatic heterocycles. The Labute approximate surface area is 126 Å². The summed E-state index contributed by atoms with van der Waals surface area (Å²) in [6.45, 7) is 4.81. The molecule has 0 aliphatic heterocycles. The van der Waals surface area contributed by atoms with Gasteiger partial charge in [0.2, 0.25) is 5.89 Å². The highest BCUT2D eigenvalue weighted by molar-refractivity contribution is 7.18. The average molecular weight is 310 g/mol. The molecule has 2 rings (SSSR count). The Bertz CT molecular complexity index is 623. The van der Waals surface area contributed by atoms with E-state index in [1.807, 2.05) is 11.9 Å². The monoisotopic (exact) mass is 310 g/mol. The highest BCUT2D eigenvalue weighted by Gasteiger charge is 2.18. The molecule has 0 aliphatic carbocycles. The van der Waals surface area contributed by atoms with Crippen molar-refractivity contribution in [1.82, 2.24) is 20.4 Å². The van der Waals surface area contributed by atoms with Gasteiger partial charge in [-0.3, -0.25) is 4.79 Å². The molecule has 2 aromatic rings. The van der Waals surface area contributed by atoms with Crippen molar-refractivity contribution in [2.75, 3.05) is 24.2 Å². The van der Waals surface area contributed by atoms with Gasteiger partial charge in [-0.15, -0.1) is 0 Å². The number of aromatic nitrogens is 3. The number of nitrogens with one attached hydrogen (secondary N) is 1. The van der Waals surface area contributed by atoms with Gasteiger partial charge in [-0.25, -0.2) is 4.98 Å². The smallest absolute Gasteiger partial charge is 0.265 e. The number of amides is 1. The van der Waals surface area contributed by atoms with E-state index in [1.54, 1.807) is 6.92 Å². The Hall–Kier alpha value is -2.16. The van der Waals surface area contributed by atoms with Gasteiger partial charge >= 0.3 is 0 Å². The molecule has 0 radical (unpaired) electrons. The molecule has 0 saturated carbocycles. The van der Waals surface area contributed by atoms with E-state index in [-0.39, 0.29) is 18.3 Å². The molecule has 1 amide bonds. The Kier molecular flexibility index (Phi) is 4.73. The van der Waals surface area contributed by atoms with E-state index < -0.39 is 0 Å². The molecule has 2 heterocycles. The Balaban J connectivity index is 2.02. The van der Waals surface area contributed by atoms with E-state index in [2.05, 4.69) is 27.4 Å². The van der Waals surface area contributed by atoms with Gasteiger partial charge in [0, 0.05) is 13.6 Å². The molecule has 0 bridgehead atoms. The summed E-state index contributed by atoms with van der Waals surface area (Å²) in [5, 5.41) is 7.07. The van der Waals surface area contributed by atoms with Crippen LogP contribution in [0.25, 0.3) is 0 Å². The second kappa shape index (κ2) is 6.53. The van der Waals surface area contributed by atoms with Crippen molar-refractivity contribution < 1.29 is 9.32 Å². The SMILES string of the molecule is CCCN(C)c1nc(N)c(C(=O)NCc2nc(C)no2)s1. The number of nitrogens with zero attached hydrogens (tertiary/aromatic N) is 4. The maximum atomic E-state index is 12.1. The van der Waals surface area contributed by atoms with Gasteiger partial charge in [0.15, 0.2) is 11.0 Å². The van der Waals surface area contributed by atoms with Crippen molar-refractivity contribution in [3.63, 3.8) is 0 Å². The first-order valence-corrected chi connectivity index (χ1v) is 7.37. The number of nitrogen functional groups attached to an aromatic ring is 1. The zero-order valence-electron chi connectivity index (χ0n) is 12.2. The van der Waals surface area contributed by atoms with E-state index in [0.29, 0.717) is 16.6 Å². The third-order valence-corrected chi connectivity index (χ3v) is 3.89. The summed E-state index contributed by atoms with van der Waals surface area (Å²) in [6, 6.07) is 0. The van der Waals surface area contributed by atoms with Crippen LogP contribution in [0.5, 0.6) is 0 Å². The second-order valence-electron chi connectivity index (χ2n) is 4.55. The number of nitrogens with two attached hydrogens (primary N) is 1. The number of carbonyl (C=O) groups excluding carboxylic acids is 1. The fourth-order valence-electron chi connectivity index (χ4n) is 1.73. The summed E-state index contributed by atoms with van der Waals surface area (Å²) in [5.41, 5.74) is 5.81. The molecule has 0 atom stereocenters. The minimum absolute atomic E-state index is 0.164. The van der Waals surface area contributed by atoms with E-state index in [9.17, 15) is 4.79 Å². The Morgan fingerprint density at radius 1 is 1.48 bits per heavy atom. The number of aryl methyl sites for hydroxylation is 1. The lowest BCUT2D eigenvalue weighted by molar-refractivity contribution is 0.0951. The molecule has 9 heteroatoms. The van der Waals surface area contributed by atoms with Gasteiger partial charge in [-0.1, -0.05) is 23.4 Å². The van der Waals surface area contributed by atoms with Crippen LogP contribution in [0.1, 0.15) is 34.7 Å². The quantitative estimate of drug-likeness (QED) is 0.824. The maximum Gasteiger partial charge on any atom is 0.265 e. The van der Waals surface area contributed by atoms with Crippen LogP contribution in [0.15, 0.2) is 4.52 Å². The van der Waals surface area contributed by atoms with Gasteiger partial charge in [0.05, 0.1) is 6.54 Å². The predicted molar refractivity (Wildman–Crippen MR) is 80.3 cm³/mol. The topological polar surface area (TPSA) is 110 Å². The fourth-order valence-corrected chi connectivity index (χ4v) is 2.61. The number of rotatable bonds is 6. The molecule has 0 aromatic carbocycles. The molecule has 0 aliphatic rings. The number of carbonyl (C=O) groups is 1. The van der Waals surface area contributed by atoms with Crippen molar-refractivity contribution in [3.05, 3.63) is 16.6 Å². The van der Waals surface area contributed by atoms with Gasteiger partial charge in [-0.2, -0.15) is 4.98 Å². The van der Waals surface area contributed by atoms with Gasteiger partial charge < -0.3 is 20.5 Å². The zero-order chi connectivity index (χ0) is 15.4. The second-order valence-corrected chi connectivity index (χ2v) is 5.53. The minimum Gasteiger partial charge on any atom is -0.382 e. The van der Waals surface area contributed by atoms with Crippen LogP contribution in [-0.4, -0.2) is 34.6 Å². The highest BCUT2D eigenvalue weighted by atomic mass is 32.1. The molecular formula is C12H18N6O2S. The minimum atomic E-state index is -0.294. The first-order chi connectivity index (χ1) is 10.0. The standard InChI is InChI=1S/C12H18N6O2S/c1-4-5-18(3)12-16-10(13)9(21-12)11(19)14-6-8-15-7(2)17-20-8/h4-6,13H2,1-3H3,(H,14,19). The largest absolute Gasteiger partial charge is 0.382 e. The van der Waals surface area contributed by atoms with Crippen LogP contribution >= 0.6 is 11.3 Å². The summed E-state index contributed by atoms with van der Waals surface area (Å²) in [7, 11) is 1.92. The Morgan fingerprint density at radius 2 is 2.24 bits per heavy atom. The molecule has 0 fully saturated rings. The summed E-state index contributed by atoms with van der Waals surface area (Å²) in [4.78, 5) is 22.7. The zero-order valence-corrected chi connectivity index (χ0v) is 13.0. The molecule has 114 valence electrons. The number of anilines is 2. The molecule has 3 N–H and O–H groups in total.